The van der Waals surface area contributed by atoms with Crippen LogP contribution < -0.4 is 10.4 Å². The van der Waals surface area contributed by atoms with E-state index in [1.165, 1.54) is 10.4 Å². The van der Waals surface area contributed by atoms with Crippen LogP contribution in [-0.2, 0) is 28.2 Å². The van der Waals surface area contributed by atoms with E-state index >= 15 is 0 Å². The van der Waals surface area contributed by atoms with Crippen LogP contribution in [0.4, 0.5) is 0 Å². The van der Waals surface area contributed by atoms with Crippen molar-refractivity contribution in [2.24, 2.45) is 17.3 Å². The standard InChI is InChI=1S/C42H66O6Si.CH4/c1-11-35(39(43)41(7,8)36-28-30-45-42(9,10)47-36)38(46-37-27-18-19-29-44-37)31(2)21-20-22-32(3)48-49(40(4,5)6,33-23-14-12-15-24-33)34-25-16-13-17-26-34;/h12-17,23-26,31-32,35-38H,11,18-22,27-30H2,1-10H3;1H4/t31-,32?,35+,36-,37?,38?;/m0./s1. The number of ketones is 1. The molecule has 6 nitrogen and oxygen atoms in total. The van der Waals surface area contributed by atoms with Crippen LogP contribution in [0, 0.1) is 17.3 Å². The fraction of sp³-hybridized carbons (Fsp3) is 0.698. The number of hydrogen-bond acceptors (Lipinski definition) is 6. The van der Waals surface area contributed by atoms with E-state index in [-0.39, 0.29) is 54.7 Å². The van der Waals surface area contributed by atoms with Crippen LogP contribution in [0.1, 0.15) is 128 Å². The Balaban J connectivity index is 0.00000676. The number of ether oxygens (including phenoxy) is 4. The van der Waals surface area contributed by atoms with Gasteiger partial charge in [0.05, 0.1) is 24.2 Å². The zero-order valence-electron chi connectivity index (χ0n) is 32.3. The van der Waals surface area contributed by atoms with Crippen LogP contribution in [0.15, 0.2) is 60.7 Å². The Morgan fingerprint density at radius 2 is 1.50 bits per heavy atom. The summed E-state index contributed by atoms with van der Waals surface area (Å²) in [4.78, 5) is 14.5. The first-order valence-corrected chi connectivity index (χ1v) is 20.9. The van der Waals surface area contributed by atoms with E-state index in [2.05, 4.69) is 102 Å². The van der Waals surface area contributed by atoms with Gasteiger partial charge in [0.25, 0.3) is 8.32 Å². The van der Waals surface area contributed by atoms with Crippen molar-refractivity contribution in [3.05, 3.63) is 60.7 Å². The third-order valence-corrected chi connectivity index (χ3v) is 16.1. The van der Waals surface area contributed by atoms with Gasteiger partial charge in [-0.3, -0.25) is 4.79 Å². The third kappa shape index (κ3) is 10.2. The van der Waals surface area contributed by atoms with Crippen LogP contribution in [0.25, 0.3) is 0 Å². The Morgan fingerprint density at radius 3 is 2.00 bits per heavy atom. The predicted molar refractivity (Wildman–Crippen MR) is 208 cm³/mol. The predicted octanol–water partition coefficient (Wildman–Crippen LogP) is 9.47. The maximum atomic E-state index is 14.5. The van der Waals surface area contributed by atoms with Crippen molar-refractivity contribution >= 4 is 24.5 Å². The van der Waals surface area contributed by atoms with Crippen molar-refractivity contribution in [2.75, 3.05) is 13.2 Å². The summed E-state index contributed by atoms with van der Waals surface area (Å²) in [6.07, 6.45) is 6.65. The number of rotatable bonds is 16. The number of carbonyl (C=O) groups is 1. The van der Waals surface area contributed by atoms with Crippen molar-refractivity contribution in [3.8, 4) is 0 Å². The lowest BCUT2D eigenvalue weighted by atomic mass is 9.71. The molecule has 0 bridgehead atoms. The molecular weight excluding hydrogens is 641 g/mol. The summed E-state index contributed by atoms with van der Waals surface area (Å²) in [5.74, 6) is -0.568. The molecule has 282 valence electrons. The van der Waals surface area contributed by atoms with Gasteiger partial charge < -0.3 is 23.4 Å². The summed E-state index contributed by atoms with van der Waals surface area (Å²) in [7, 11) is -2.63. The summed E-state index contributed by atoms with van der Waals surface area (Å²) < 4.78 is 32.5. The van der Waals surface area contributed by atoms with Crippen LogP contribution in [0.3, 0.4) is 0 Å². The molecule has 2 aromatic rings. The maximum Gasteiger partial charge on any atom is 0.261 e. The molecule has 2 aliphatic heterocycles. The van der Waals surface area contributed by atoms with Crippen LogP contribution in [0.2, 0.25) is 5.04 Å². The van der Waals surface area contributed by atoms with Crippen LogP contribution in [0.5, 0.6) is 0 Å². The minimum atomic E-state index is -2.63. The molecule has 0 amide bonds. The molecule has 0 aromatic heterocycles. The van der Waals surface area contributed by atoms with Crippen LogP contribution >= 0.6 is 0 Å². The lowest BCUT2D eigenvalue weighted by molar-refractivity contribution is -0.289. The molecule has 50 heavy (non-hydrogen) atoms. The van der Waals surface area contributed by atoms with Gasteiger partial charge in [-0.25, -0.2) is 0 Å². The van der Waals surface area contributed by atoms with E-state index in [4.69, 9.17) is 23.4 Å². The Bertz CT molecular complexity index is 1240. The van der Waals surface area contributed by atoms with Gasteiger partial charge in [0.15, 0.2) is 12.1 Å². The molecule has 0 radical (unpaired) electrons. The van der Waals surface area contributed by atoms with Gasteiger partial charge in [-0.15, -0.1) is 0 Å². The molecule has 6 atom stereocenters. The van der Waals surface area contributed by atoms with Gasteiger partial charge in [-0.1, -0.05) is 123 Å². The minimum Gasteiger partial charge on any atom is -0.405 e. The SMILES string of the molecule is C.CC[C@@H](C(=O)C(C)(C)[C@@H]1CCOC(C)(C)O1)C(OC1CCCCO1)[C@@H](C)CCCC(C)O[Si](c1ccccc1)(c1ccccc1)C(C)(C)C. The number of Topliss-reactive ketones (excluding diaryl/α,β-unsaturated/α-hetero) is 1. The lowest BCUT2D eigenvalue weighted by Crippen LogP contribution is -2.67. The summed E-state index contributed by atoms with van der Waals surface area (Å²) in [6, 6.07) is 21.7. The molecule has 2 saturated heterocycles. The third-order valence-electron chi connectivity index (χ3n) is 10.9. The fourth-order valence-electron chi connectivity index (χ4n) is 8.12. The van der Waals surface area contributed by atoms with Gasteiger partial charge in [-0.05, 0) is 87.0 Å². The van der Waals surface area contributed by atoms with Crippen molar-refractivity contribution < 1.29 is 28.2 Å². The molecule has 3 unspecified atom stereocenters. The second-order valence-electron chi connectivity index (χ2n) is 16.6. The van der Waals surface area contributed by atoms with Gasteiger partial charge in [0.1, 0.15) is 5.78 Å². The van der Waals surface area contributed by atoms with E-state index in [1.807, 2.05) is 27.7 Å². The Labute approximate surface area is 306 Å². The van der Waals surface area contributed by atoms with Crippen molar-refractivity contribution in [3.63, 3.8) is 0 Å². The Morgan fingerprint density at radius 1 is 0.900 bits per heavy atom. The zero-order chi connectivity index (χ0) is 35.9. The highest BCUT2D eigenvalue weighted by molar-refractivity contribution is 6.99. The van der Waals surface area contributed by atoms with Gasteiger partial charge >= 0.3 is 0 Å². The van der Waals surface area contributed by atoms with Crippen molar-refractivity contribution in [1.82, 2.24) is 0 Å². The second-order valence-corrected chi connectivity index (χ2v) is 20.9. The van der Waals surface area contributed by atoms with E-state index in [1.54, 1.807) is 0 Å². The first-order chi connectivity index (χ1) is 23.1. The topological polar surface area (TPSA) is 63.2 Å². The number of carbonyl (C=O) groups excluding carboxylic acids is 1. The van der Waals surface area contributed by atoms with E-state index in [0.29, 0.717) is 26.1 Å². The van der Waals surface area contributed by atoms with Gasteiger partial charge in [-0.2, -0.15) is 0 Å². The molecule has 2 fully saturated rings. The van der Waals surface area contributed by atoms with Crippen molar-refractivity contribution in [1.29, 1.82) is 0 Å². The fourth-order valence-corrected chi connectivity index (χ4v) is 12.9. The quantitative estimate of drug-likeness (QED) is 0.162. The second kappa shape index (κ2) is 18.2. The molecule has 0 aliphatic carbocycles. The van der Waals surface area contributed by atoms with Gasteiger partial charge in [0.2, 0.25) is 0 Å². The molecular formula is C43H70O6Si. The molecule has 0 saturated carbocycles. The number of hydrogen-bond donors (Lipinski definition) is 0. The average molecular weight is 711 g/mol. The monoisotopic (exact) mass is 710 g/mol. The normalized spacial score (nSPS) is 22.5. The first-order valence-electron chi connectivity index (χ1n) is 19.0. The molecule has 4 rings (SSSR count). The van der Waals surface area contributed by atoms with E-state index in [0.717, 1.165) is 38.5 Å². The molecule has 2 heterocycles. The summed E-state index contributed by atoms with van der Waals surface area (Å²) >= 11 is 0. The molecule has 0 N–H and O–H groups in total. The minimum absolute atomic E-state index is 0. The smallest absolute Gasteiger partial charge is 0.261 e. The van der Waals surface area contributed by atoms with E-state index < -0.39 is 19.5 Å². The average Bonchev–Trinajstić information content (AvgIpc) is 3.07. The molecule has 2 aliphatic rings. The first kappa shape index (κ1) is 42.5. The summed E-state index contributed by atoms with van der Waals surface area (Å²) in [5, 5.41) is 2.54. The van der Waals surface area contributed by atoms with Crippen LogP contribution in [-0.4, -0.2) is 57.7 Å². The summed E-state index contributed by atoms with van der Waals surface area (Å²) in [5.41, 5.74) is -0.672. The lowest BCUT2D eigenvalue weighted by Gasteiger charge is -2.45. The highest BCUT2D eigenvalue weighted by atomic mass is 28.4. The molecule has 2 aromatic carbocycles. The van der Waals surface area contributed by atoms with E-state index in [9.17, 15) is 4.79 Å². The number of benzene rings is 2. The highest BCUT2D eigenvalue weighted by Gasteiger charge is 2.51. The Hall–Kier alpha value is -1.87. The molecule has 7 heteroatoms. The van der Waals surface area contributed by atoms with Gasteiger partial charge in [0, 0.05) is 18.6 Å². The largest absolute Gasteiger partial charge is 0.405 e. The zero-order valence-corrected chi connectivity index (χ0v) is 33.3. The highest BCUT2D eigenvalue weighted by Crippen LogP contribution is 2.41. The summed E-state index contributed by atoms with van der Waals surface area (Å²) in [6.45, 7) is 22.9. The molecule has 0 spiro atoms. The Kier molecular flexibility index (Phi) is 15.5. The maximum absolute atomic E-state index is 14.5. The van der Waals surface area contributed by atoms with Crippen molar-refractivity contribution in [2.45, 2.75) is 163 Å².